The number of nitrogens with one attached hydrogen (secondary N) is 1. The molecule has 2 aromatic heterocycles. The maximum atomic E-state index is 13.1. The summed E-state index contributed by atoms with van der Waals surface area (Å²) >= 11 is 0. The molecule has 9 heteroatoms. The van der Waals surface area contributed by atoms with Crippen molar-refractivity contribution in [3.05, 3.63) is 112 Å². The Balaban J connectivity index is 1.44. The predicted molar refractivity (Wildman–Crippen MR) is 145 cm³/mol. The van der Waals surface area contributed by atoms with Gasteiger partial charge in [0.2, 0.25) is 0 Å². The molecular formula is C29H30N6O3. The second-order valence-corrected chi connectivity index (χ2v) is 9.04. The van der Waals surface area contributed by atoms with Crippen LogP contribution >= 0.6 is 0 Å². The topological polar surface area (TPSA) is 98.2 Å². The zero-order valence-corrected chi connectivity index (χ0v) is 21.5. The molecule has 0 amide bonds. The number of pyridine rings is 1. The van der Waals surface area contributed by atoms with Crippen molar-refractivity contribution in [1.82, 2.24) is 30.1 Å². The lowest BCUT2D eigenvalue weighted by Gasteiger charge is -2.22. The third kappa shape index (κ3) is 6.07. The van der Waals surface area contributed by atoms with Gasteiger partial charge in [0.1, 0.15) is 11.5 Å². The van der Waals surface area contributed by atoms with Crippen molar-refractivity contribution in [1.29, 1.82) is 0 Å². The molecule has 0 fully saturated rings. The van der Waals surface area contributed by atoms with Crippen molar-refractivity contribution in [3.8, 4) is 11.5 Å². The van der Waals surface area contributed by atoms with Gasteiger partial charge in [-0.3, -0.25) is 9.69 Å². The van der Waals surface area contributed by atoms with E-state index in [1.54, 1.807) is 11.8 Å². The molecule has 5 aromatic rings. The minimum atomic E-state index is -0.120. The van der Waals surface area contributed by atoms with Gasteiger partial charge in [-0.15, -0.1) is 5.10 Å². The lowest BCUT2D eigenvalue weighted by atomic mass is 10.1. The van der Waals surface area contributed by atoms with Crippen molar-refractivity contribution in [2.45, 2.75) is 33.1 Å². The zero-order chi connectivity index (χ0) is 26.3. The van der Waals surface area contributed by atoms with Gasteiger partial charge in [0.25, 0.3) is 5.56 Å². The highest BCUT2D eigenvalue weighted by Crippen LogP contribution is 2.21. The first-order chi connectivity index (χ1) is 18.6. The molecule has 0 bridgehead atoms. The van der Waals surface area contributed by atoms with Crippen LogP contribution in [0.3, 0.4) is 0 Å². The summed E-state index contributed by atoms with van der Waals surface area (Å²) in [5, 5.41) is 13.4. The molecule has 5 rings (SSSR count). The van der Waals surface area contributed by atoms with Crippen molar-refractivity contribution in [3.63, 3.8) is 0 Å². The summed E-state index contributed by atoms with van der Waals surface area (Å²) in [6, 6.07) is 25.6. The molecule has 3 aromatic carbocycles. The van der Waals surface area contributed by atoms with Crippen molar-refractivity contribution < 1.29 is 9.47 Å². The standard InChI is InChI=1S/C29H30N6O3/c1-3-38-26-13-14-27-23(16-26)15-24(29(36)30-27)19-34(17-22-9-11-25(37-2)12-10-22)20-28-31-32-33-35(28)18-21-7-5-4-6-8-21/h4-16H,3,17-20H2,1-2H3,(H,30,36). The van der Waals surface area contributed by atoms with E-state index in [0.717, 1.165) is 39.4 Å². The summed E-state index contributed by atoms with van der Waals surface area (Å²) in [4.78, 5) is 18.2. The average molecular weight is 511 g/mol. The molecule has 0 saturated heterocycles. The van der Waals surface area contributed by atoms with Crippen LogP contribution in [0.2, 0.25) is 0 Å². The summed E-state index contributed by atoms with van der Waals surface area (Å²) in [5.74, 6) is 2.29. The Bertz CT molecular complexity index is 1550. The lowest BCUT2D eigenvalue weighted by molar-refractivity contribution is 0.236. The molecule has 0 atom stereocenters. The SMILES string of the molecule is CCOc1ccc2[nH]c(=O)c(CN(Cc3ccc(OC)cc3)Cc3nnnn3Cc3ccccc3)cc2c1. The Morgan fingerprint density at radius 1 is 0.895 bits per heavy atom. The molecule has 2 heterocycles. The van der Waals surface area contributed by atoms with E-state index in [4.69, 9.17) is 9.47 Å². The Hall–Kier alpha value is -4.50. The quantitative estimate of drug-likeness (QED) is 0.285. The van der Waals surface area contributed by atoms with Crippen LogP contribution in [0.4, 0.5) is 0 Å². The van der Waals surface area contributed by atoms with E-state index in [-0.39, 0.29) is 5.56 Å². The van der Waals surface area contributed by atoms with Crippen LogP contribution in [0.5, 0.6) is 11.5 Å². The van der Waals surface area contributed by atoms with Gasteiger partial charge in [-0.25, -0.2) is 4.68 Å². The maximum Gasteiger partial charge on any atom is 0.252 e. The normalized spacial score (nSPS) is 11.2. The molecule has 0 unspecified atom stereocenters. The molecule has 38 heavy (non-hydrogen) atoms. The monoisotopic (exact) mass is 510 g/mol. The van der Waals surface area contributed by atoms with Crippen LogP contribution in [0.25, 0.3) is 10.9 Å². The fourth-order valence-electron chi connectivity index (χ4n) is 4.42. The van der Waals surface area contributed by atoms with Crippen molar-refractivity contribution >= 4 is 10.9 Å². The number of methoxy groups -OCH3 is 1. The van der Waals surface area contributed by atoms with Crippen molar-refractivity contribution in [2.75, 3.05) is 13.7 Å². The van der Waals surface area contributed by atoms with Crippen LogP contribution in [0.1, 0.15) is 29.4 Å². The van der Waals surface area contributed by atoms with Gasteiger partial charge in [0.05, 0.1) is 26.8 Å². The first kappa shape index (κ1) is 25.2. The number of hydrogen-bond acceptors (Lipinski definition) is 7. The van der Waals surface area contributed by atoms with Crippen LogP contribution < -0.4 is 15.0 Å². The van der Waals surface area contributed by atoms with E-state index in [0.29, 0.717) is 38.3 Å². The van der Waals surface area contributed by atoms with Crippen LogP contribution in [-0.2, 0) is 26.2 Å². The first-order valence-corrected chi connectivity index (χ1v) is 12.5. The highest BCUT2D eigenvalue weighted by atomic mass is 16.5. The second kappa shape index (κ2) is 11.7. The Kier molecular flexibility index (Phi) is 7.75. The summed E-state index contributed by atoms with van der Waals surface area (Å²) in [6.45, 7) is 4.56. The van der Waals surface area contributed by atoms with Crippen LogP contribution in [-0.4, -0.2) is 43.8 Å². The smallest absolute Gasteiger partial charge is 0.252 e. The molecular weight excluding hydrogens is 480 g/mol. The van der Waals surface area contributed by atoms with E-state index >= 15 is 0 Å². The molecule has 0 aliphatic carbocycles. The number of fused-ring (bicyclic) bond motifs is 1. The Labute approximate surface area is 220 Å². The number of ether oxygens (including phenoxy) is 2. The fraction of sp³-hybridized carbons (Fsp3) is 0.241. The van der Waals surface area contributed by atoms with Gasteiger partial charge < -0.3 is 14.5 Å². The van der Waals surface area contributed by atoms with E-state index < -0.39 is 0 Å². The second-order valence-electron chi connectivity index (χ2n) is 9.04. The minimum absolute atomic E-state index is 0.120. The highest BCUT2D eigenvalue weighted by molar-refractivity contribution is 5.80. The molecule has 0 spiro atoms. The van der Waals surface area contributed by atoms with Crippen LogP contribution in [0, 0.1) is 0 Å². The van der Waals surface area contributed by atoms with Gasteiger partial charge in [-0.2, -0.15) is 0 Å². The zero-order valence-electron chi connectivity index (χ0n) is 21.5. The first-order valence-electron chi connectivity index (χ1n) is 12.5. The summed E-state index contributed by atoms with van der Waals surface area (Å²) < 4.78 is 12.8. The lowest BCUT2D eigenvalue weighted by Crippen LogP contribution is -2.28. The maximum absolute atomic E-state index is 13.1. The van der Waals surface area contributed by atoms with E-state index in [2.05, 4.69) is 25.4 Å². The van der Waals surface area contributed by atoms with Gasteiger partial charge >= 0.3 is 0 Å². The summed E-state index contributed by atoms with van der Waals surface area (Å²) in [5.41, 5.74) is 3.50. The predicted octanol–water partition coefficient (Wildman–Crippen LogP) is 4.17. The van der Waals surface area contributed by atoms with Gasteiger partial charge in [-0.1, -0.05) is 42.5 Å². The molecule has 0 radical (unpaired) electrons. The Morgan fingerprint density at radius 2 is 1.68 bits per heavy atom. The summed E-state index contributed by atoms with van der Waals surface area (Å²) in [7, 11) is 1.65. The molecule has 1 N–H and O–H groups in total. The number of nitrogens with zero attached hydrogens (tertiary/aromatic N) is 5. The number of hydrogen-bond donors (Lipinski definition) is 1. The highest BCUT2D eigenvalue weighted by Gasteiger charge is 2.16. The number of rotatable bonds is 11. The number of H-pyrrole nitrogens is 1. The largest absolute Gasteiger partial charge is 0.497 e. The van der Waals surface area contributed by atoms with Gasteiger partial charge in [0.15, 0.2) is 5.82 Å². The number of aromatic amines is 1. The average Bonchev–Trinajstić information content (AvgIpc) is 3.36. The molecule has 9 nitrogen and oxygen atoms in total. The third-order valence-corrected chi connectivity index (χ3v) is 6.31. The number of tetrazole rings is 1. The van der Waals surface area contributed by atoms with Crippen molar-refractivity contribution in [2.24, 2.45) is 0 Å². The minimum Gasteiger partial charge on any atom is -0.497 e. The van der Waals surface area contributed by atoms with E-state index in [1.807, 2.05) is 85.8 Å². The van der Waals surface area contributed by atoms with E-state index in [9.17, 15) is 4.79 Å². The molecule has 0 aliphatic heterocycles. The molecule has 0 aliphatic rings. The van der Waals surface area contributed by atoms with Gasteiger partial charge in [-0.05, 0) is 64.9 Å². The number of benzene rings is 3. The third-order valence-electron chi connectivity index (χ3n) is 6.31. The Morgan fingerprint density at radius 3 is 2.45 bits per heavy atom. The molecule has 0 saturated carbocycles. The molecule has 194 valence electrons. The van der Waals surface area contributed by atoms with Crippen LogP contribution in [0.15, 0.2) is 83.7 Å². The fourth-order valence-corrected chi connectivity index (χ4v) is 4.42. The van der Waals surface area contributed by atoms with E-state index in [1.165, 1.54) is 0 Å². The summed E-state index contributed by atoms with van der Waals surface area (Å²) in [6.07, 6.45) is 0. The number of aromatic nitrogens is 5. The van der Waals surface area contributed by atoms with Gasteiger partial charge in [0, 0.05) is 29.6 Å².